The third kappa shape index (κ3) is 3.62. The lowest BCUT2D eigenvalue weighted by atomic mass is 10.0. The van der Waals surface area contributed by atoms with Crippen molar-refractivity contribution in [2.24, 2.45) is 0 Å². The number of benzene rings is 1. The van der Waals surface area contributed by atoms with E-state index < -0.39 is 5.95 Å². The molecule has 0 amide bonds. The molecule has 3 aromatic heterocycles. The number of halogens is 3. The molecule has 0 saturated heterocycles. The van der Waals surface area contributed by atoms with E-state index in [2.05, 4.69) is 30.2 Å². The molecule has 4 heterocycles. The fourth-order valence-electron chi connectivity index (χ4n) is 3.61. The van der Waals surface area contributed by atoms with Crippen molar-refractivity contribution in [2.75, 3.05) is 16.8 Å². The largest absolute Gasteiger partial charge is 0.351 e. The number of aromatic nitrogens is 4. The quantitative estimate of drug-likeness (QED) is 0.350. The molecule has 0 atom stereocenters. The molecule has 1 aliphatic heterocycles. The molecule has 0 radical (unpaired) electrons. The Kier molecular flexibility index (Phi) is 4.84. The van der Waals surface area contributed by atoms with Crippen LogP contribution in [0.3, 0.4) is 0 Å². The summed E-state index contributed by atoms with van der Waals surface area (Å²) in [5.74, 6) is 0.172. The van der Waals surface area contributed by atoms with Gasteiger partial charge in [0, 0.05) is 41.8 Å². The number of fused-ring (bicyclic) bond motifs is 2. The fraction of sp³-hybridized carbons (Fsp3) is 0.143. The Hall–Kier alpha value is -3.03. The lowest BCUT2D eigenvalue weighted by Gasteiger charge is -2.30. The maximum atomic E-state index is 13.9. The van der Waals surface area contributed by atoms with Crippen molar-refractivity contribution in [3.63, 3.8) is 0 Å². The smallest absolute Gasteiger partial charge is 0.236 e. The van der Waals surface area contributed by atoms with Gasteiger partial charge >= 0.3 is 0 Å². The van der Waals surface area contributed by atoms with Gasteiger partial charge in [-0.25, -0.2) is 9.97 Å². The van der Waals surface area contributed by atoms with Crippen molar-refractivity contribution >= 4 is 51.3 Å². The molecule has 6 nitrogen and oxygen atoms in total. The number of pyridine rings is 2. The first kappa shape index (κ1) is 19.0. The van der Waals surface area contributed by atoms with Crippen LogP contribution < -0.4 is 10.2 Å². The molecule has 1 N–H and O–H groups in total. The van der Waals surface area contributed by atoms with Gasteiger partial charge in [0.1, 0.15) is 5.82 Å². The van der Waals surface area contributed by atoms with Gasteiger partial charge in [-0.2, -0.15) is 9.37 Å². The maximum absolute atomic E-state index is 13.9. The van der Waals surface area contributed by atoms with Crippen LogP contribution >= 0.6 is 23.2 Å². The second-order valence-electron chi connectivity index (χ2n) is 6.95. The van der Waals surface area contributed by atoms with E-state index in [1.165, 1.54) is 6.20 Å². The summed E-state index contributed by atoms with van der Waals surface area (Å²) in [5, 5.41) is 4.68. The number of rotatable bonds is 3. The van der Waals surface area contributed by atoms with Crippen molar-refractivity contribution in [3.8, 4) is 0 Å². The molecule has 30 heavy (non-hydrogen) atoms. The molecule has 5 rings (SSSR count). The van der Waals surface area contributed by atoms with Crippen molar-refractivity contribution in [3.05, 3.63) is 76.3 Å². The summed E-state index contributed by atoms with van der Waals surface area (Å²) in [4.78, 5) is 19.1. The van der Waals surface area contributed by atoms with Crippen LogP contribution in [0.25, 0.3) is 10.9 Å². The SMILES string of the molecule is Fc1ncccc1Nc1cnc2c(c1)CN(c1nc(Cl)nc3ccc(Cl)cc13)CC2. The van der Waals surface area contributed by atoms with Crippen LogP contribution in [-0.2, 0) is 13.0 Å². The van der Waals surface area contributed by atoms with E-state index in [0.717, 1.165) is 40.9 Å². The molecule has 150 valence electrons. The standard InChI is InChI=1S/C21H15Cl2FN6/c22-13-3-4-17-15(9-13)20(29-21(23)28-17)30-7-5-16-12(11-30)8-14(10-26-16)27-18-2-1-6-25-19(18)24/h1-4,6,8-10,27H,5,7,11H2. The Labute approximate surface area is 181 Å². The lowest BCUT2D eigenvalue weighted by Crippen LogP contribution is -2.32. The van der Waals surface area contributed by atoms with Gasteiger partial charge in [-0.3, -0.25) is 4.98 Å². The van der Waals surface area contributed by atoms with Crippen LogP contribution in [-0.4, -0.2) is 26.5 Å². The van der Waals surface area contributed by atoms with Crippen LogP contribution in [0.15, 0.2) is 48.8 Å². The van der Waals surface area contributed by atoms with Gasteiger partial charge in [0.15, 0.2) is 0 Å². The summed E-state index contributed by atoms with van der Waals surface area (Å²) in [6, 6.07) is 10.7. The van der Waals surface area contributed by atoms with Crippen LogP contribution in [0, 0.1) is 5.95 Å². The minimum absolute atomic E-state index is 0.186. The zero-order valence-electron chi connectivity index (χ0n) is 15.6. The van der Waals surface area contributed by atoms with Crippen molar-refractivity contribution in [2.45, 2.75) is 13.0 Å². The second kappa shape index (κ2) is 7.66. The highest BCUT2D eigenvalue weighted by Crippen LogP contribution is 2.32. The third-order valence-corrected chi connectivity index (χ3v) is 5.39. The zero-order valence-corrected chi connectivity index (χ0v) is 17.1. The first-order valence-corrected chi connectivity index (χ1v) is 10.1. The number of hydrogen-bond acceptors (Lipinski definition) is 6. The van der Waals surface area contributed by atoms with Crippen LogP contribution in [0.4, 0.5) is 21.6 Å². The van der Waals surface area contributed by atoms with E-state index in [9.17, 15) is 4.39 Å². The summed E-state index contributed by atoms with van der Waals surface area (Å²) >= 11 is 12.4. The highest BCUT2D eigenvalue weighted by Gasteiger charge is 2.22. The van der Waals surface area contributed by atoms with Crippen molar-refractivity contribution in [1.82, 2.24) is 19.9 Å². The number of hydrogen-bond donors (Lipinski definition) is 1. The highest BCUT2D eigenvalue weighted by atomic mass is 35.5. The van der Waals surface area contributed by atoms with E-state index in [1.54, 1.807) is 24.4 Å². The summed E-state index contributed by atoms with van der Waals surface area (Å²) in [6.45, 7) is 1.32. The maximum Gasteiger partial charge on any atom is 0.236 e. The van der Waals surface area contributed by atoms with Crippen molar-refractivity contribution in [1.29, 1.82) is 0 Å². The van der Waals surface area contributed by atoms with Gasteiger partial charge in [-0.1, -0.05) is 11.6 Å². The monoisotopic (exact) mass is 440 g/mol. The molecular weight excluding hydrogens is 426 g/mol. The molecule has 0 fully saturated rings. The Morgan fingerprint density at radius 3 is 2.83 bits per heavy atom. The van der Waals surface area contributed by atoms with Gasteiger partial charge in [0.05, 0.1) is 23.1 Å². The Morgan fingerprint density at radius 1 is 1.07 bits per heavy atom. The molecule has 0 aliphatic carbocycles. The average Bonchev–Trinajstić information content (AvgIpc) is 2.74. The van der Waals surface area contributed by atoms with Gasteiger partial charge in [0.2, 0.25) is 11.2 Å². The number of anilines is 3. The van der Waals surface area contributed by atoms with E-state index in [-0.39, 0.29) is 5.28 Å². The number of nitrogens with zero attached hydrogens (tertiary/aromatic N) is 5. The lowest BCUT2D eigenvalue weighted by molar-refractivity contribution is 0.588. The summed E-state index contributed by atoms with van der Waals surface area (Å²) in [5.41, 5.74) is 3.76. The molecule has 1 aliphatic rings. The predicted octanol–water partition coefficient (Wildman–Crippen LogP) is 5.17. The first-order valence-electron chi connectivity index (χ1n) is 9.30. The Balaban J connectivity index is 1.48. The molecule has 4 aromatic rings. The summed E-state index contributed by atoms with van der Waals surface area (Å²) in [6.07, 6.45) is 3.87. The molecular formula is C21H15Cl2FN6. The van der Waals surface area contributed by atoms with Gasteiger partial charge in [-0.15, -0.1) is 0 Å². The molecule has 0 unspecified atom stereocenters. The van der Waals surface area contributed by atoms with Crippen molar-refractivity contribution < 1.29 is 4.39 Å². The molecule has 1 aromatic carbocycles. The van der Waals surface area contributed by atoms with E-state index in [4.69, 9.17) is 23.2 Å². The zero-order chi connectivity index (χ0) is 20.7. The van der Waals surface area contributed by atoms with Gasteiger partial charge < -0.3 is 10.2 Å². The van der Waals surface area contributed by atoms with Gasteiger partial charge in [-0.05, 0) is 53.6 Å². The topological polar surface area (TPSA) is 66.8 Å². The van der Waals surface area contributed by atoms with E-state index in [1.807, 2.05) is 18.2 Å². The summed E-state index contributed by atoms with van der Waals surface area (Å²) < 4.78 is 13.9. The third-order valence-electron chi connectivity index (χ3n) is 4.99. The minimum atomic E-state index is -0.559. The van der Waals surface area contributed by atoms with Crippen LogP contribution in [0.5, 0.6) is 0 Å². The average molecular weight is 441 g/mol. The number of nitrogens with one attached hydrogen (secondary N) is 1. The van der Waals surface area contributed by atoms with Gasteiger partial charge in [0.25, 0.3) is 0 Å². The minimum Gasteiger partial charge on any atom is -0.351 e. The summed E-state index contributed by atoms with van der Waals surface area (Å²) in [7, 11) is 0. The first-order chi connectivity index (χ1) is 14.6. The van der Waals surface area contributed by atoms with Crippen LogP contribution in [0.1, 0.15) is 11.3 Å². The second-order valence-corrected chi connectivity index (χ2v) is 7.72. The fourth-order valence-corrected chi connectivity index (χ4v) is 3.95. The highest BCUT2D eigenvalue weighted by molar-refractivity contribution is 6.31. The molecule has 0 saturated carbocycles. The molecule has 0 bridgehead atoms. The Bertz CT molecular complexity index is 1270. The molecule has 9 heteroatoms. The molecule has 0 spiro atoms. The predicted molar refractivity (Wildman–Crippen MR) is 116 cm³/mol. The Morgan fingerprint density at radius 2 is 1.97 bits per heavy atom. The van der Waals surface area contributed by atoms with E-state index >= 15 is 0 Å². The van der Waals surface area contributed by atoms with Crippen LogP contribution in [0.2, 0.25) is 10.3 Å². The normalized spacial score (nSPS) is 13.4. The van der Waals surface area contributed by atoms with E-state index in [0.29, 0.717) is 22.9 Å².